The predicted molar refractivity (Wildman–Crippen MR) is 76.8 cm³/mol. The Hall–Kier alpha value is -0.640. The fraction of sp³-hybridized carbons (Fsp3) is 0.667. The molecule has 21 heavy (non-hydrogen) atoms. The van der Waals surface area contributed by atoms with Crippen molar-refractivity contribution in [3.05, 3.63) is 16.3 Å². The van der Waals surface area contributed by atoms with Crippen LogP contribution in [0.2, 0.25) is 0 Å². The molecule has 0 saturated carbocycles. The zero-order valence-electron chi connectivity index (χ0n) is 11.7. The Balaban J connectivity index is 2.47. The monoisotopic (exact) mass is 344 g/mol. The highest BCUT2D eigenvalue weighted by molar-refractivity contribution is 7.89. The Morgan fingerprint density at radius 2 is 2.00 bits per heavy atom. The van der Waals surface area contributed by atoms with Gasteiger partial charge in [-0.25, -0.2) is 13.1 Å². The van der Waals surface area contributed by atoms with Gasteiger partial charge in [0.1, 0.15) is 0 Å². The zero-order valence-corrected chi connectivity index (χ0v) is 13.3. The summed E-state index contributed by atoms with van der Waals surface area (Å²) in [6.07, 6.45) is -4.54. The Labute approximate surface area is 126 Å². The Morgan fingerprint density at radius 3 is 2.62 bits per heavy atom. The highest BCUT2D eigenvalue weighted by atomic mass is 32.2. The van der Waals surface area contributed by atoms with Gasteiger partial charge in [0, 0.05) is 29.8 Å². The van der Waals surface area contributed by atoms with Crippen LogP contribution in [0.25, 0.3) is 0 Å². The second kappa shape index (κ2) is 8.11. The summed E-state index contributed by atoms with van der Waals surface area (Å²) in [6, 6.07) is 1.54. The van der Waals surface area contributed by atoms with Gasteiger partial charge in [0.15, 0.2) is 0 Å². The smallest absolute Gasteiger partial charge is 0.312 e. The van der Waals surface area contributed by atoms with E-state index in [0.717, 1.165) is 17.8 Å². The van der Waals surface area contributed by atoms with Crippen LogP contribution in [0.1, 0.15) is 31.1 Å². The quantitative estimate of drug-likeness (QED) is 0.677. The van der Waals surface area contributed by atoms with Crippen LogP contribution in [-0.4, -0.2) is 27.7 Å². The van der Waals surface area contributed by atoms with Crippen LogP contribution >= 0.6 is 11.3 Å². The molecule has 1 heterocycles. The summed E-state index contributed by atoms with van der Waals surface area (Å²) in [5.74, 6) is 0. The fourth-order valence-electron chi connectivity index (χ4n) is 1.56. The first-order chi connectivity index (χ1) is 9.74. The highest BCUT2D eigenvalue weighted by Gasteiger charge is 2.26. The van der Waals surface area contributed by atoms with E-state index in [0.29, 0.717) is 6.54 Å². The molecule has 0 atom stereocenters. The van der Waals surface area contributed by atoms with Gasteiger partial charge in [-0.15, -0.1) is 11.3 Å². The molecular formula is C12H19F3N2O2S2. The lowest BCUT2D eigenvalue weighted by Crippen LogP contribution is -2.25. The molecule has 1 rings (SSSR count). The fourth-order valence-corrected chi connectivity index (χ4v) is 3.88. The molecule has 9 heteroatoms. The van der Waals surface area contributed by atoms with Crippen molar-refractivity contribution < 1.29 is 21.6 Å². The number of thiophene rings is 1. The number of hydrogen-bond acceptors (Lipinski definition) is 4. The first-order valence-electron chi connectivity index (χ1n) is 6.59. The maximum Gasteiger partial charge on any atom is 0.389 e. The molecule has 4 nitrogen and oxygen atoms in total. The van der Waals surface area contributed by atoms with E-state index >= 15 is 0 Å². The molecule has 122 valence electrons. The summed E-state index contributed by atoms with van der Waals surface area (Å²) < 4.78 is 61.9. The van der Waals surface area contributed by atoms with Crippen LogP contribution in [-0.2, 0) is 16.6 Å². The molecule has 0 spiro atoms. The van der Waals surface area contributed by atoms with Crippen molar-refractivity contribution in [3.8, 4) is 0 Å². The van der Waals surface area contributed by atoms with Gasteiger partial charge < -0.3 is 5.32 Å². The molecular weight excluding hydrogens is 325 g/mol. The van der Waals surface area contributed by atoms with Gasteiger partial charge in [0.25, 0.3) is 0 Å². The van der Waals surface area contributed by atoms with Crippen LogP contribution in [0, 0.1) is 0 Å². The molecule has 0 aromatic carbocycles. The Kier molecular flexibility index (Phi) is 7.11. The summed E-state index contributed by atoms with van der Waals surface area (Å²) in [5, 5.41) is 4.65. The van der Waals surface area contributed by atoms with Crippen molar-refractivity contribution in [2.75, 3.05) is 13.1 Å². The molecule has 1 aromatic rings. The lowest BCUT2D eigenvalue weighted by Gasteiger charge is -2.07. The summed E-state index contributed by atoms with van der Waals surface area (Å²) in [6.45, 7) is 3.24. The third kappa shape index (κ3) is 7.25. The maximum atomic E-state index is 12.0. The summed E-state index contributed by atoms with van der Waals surface area (Å²) >= 11 is 1.31. The Bertz CT molecular complexity index is 527. The number of halogens is 3. The third-order valence-electron chi connectivity index (χ3n) is 2.60. The largest absolute Gasteiger partial charge is 0.389 e. The molecule has 2 N–H and O–H groups in total. The van der Waals surface area contributed by atoms with Crippen molar-refractivity contribution in [1.82, 2.24) is 10.0 Å². The van der Waals surface area contributed by atoms with Crippen molar-refractivity contribution in [1.29, 1.82) is 0 Å². The second-order valence-electron chi connectivity index (χ2n) is 4.54. The zero-order chi connectivity index (χ0) is 15.9. The summed E-state index contributed by atoms with van der Waals surface area (Å²) in [4.78, 5) is 0.979. The standard InChI is InChI=1S/C12H19F3N2O2S2/c1-2-5-16-8-10-7-11(9-20-10)21(18,19)17-6-3-4-12(13,14)15/h7,9,16-17H,2-6,8H2,1H3. The van der Waals surface area contributed by atoms with Gasteiger partial charge in [0.05, 0.1) is 4.90 Å². The van der Waals surface area contributed by atoms with Crippen molar-refractivity contribution in [2.45, 2.75) is 43.8 Å². The highest BCUT2D eigenvalue weighted by Crippen LogP contribution is 2.22. The van der Waals surface area contributed by atoms with E-state index in [1.165, 1.54) is 16.7 Å². The van der Waals surface area contributed by atoms with Gasteiger partial charge in [-0.05, 0) is 25.5 Å². The number of rotatable bonds is 9. The van der Waals surface area contributed by atoms with Gasteiger partial charge in [0.2, 0.25) is 10.0 Å². The average Bonchev–Trinajstić information content (AvgIpc) is 2.84. The molecule has 0 radical (unpaired) electrons. The van der Waals surface area contributed by atoms with Gasteiger partial charge in [-0.1, -0.05) is 6.92 Å². The molecule has 0 amide bonds. The molecule has 1 aromatic heterocycles. The second-order valence-corrected chi connectivity index (χ2v) is 7.30. The number of sulfonamides is 1. The summed E-state index contributed by atoms with van der Waals surface area (Å²) in [7, 11) is -3.72. The topological polar surface area (TPSA) is 58.2 Å². The number of hydrogen-bond donors (Lipinski definition) is 2. The predicted octanol–water partition coefficient (Wildman–Crippen LogP) is 2.87. The van der Waals surface area contributed by atoms with Gasteiger partial charge in [-0.2, -0.15) is 13.2 Å². The minimum Gasteiger partial charge on any atom is -0.312 e. The van der Waals surface area contributed by atoms with E-state index in [1.807, 2.05) is 6.92 Å². The minimum absolute atomic E-state index is 0.104. The maximum absolute atomic E-state index is 12.0. The van der Waals surface area contributed by atoms with Gasteiger partial charge >= 0.3 is 6.18 Å². The molecule has 0 unspecified atom stereocenters. The Morgan fingerprint density at radius 1 is 1.29 bits per heavy atom. The molecule has 0 aliphatic rings. The summed E-state index contributed by atoms with van der Waals surface area (Å²) in [5.41, 5.74) is 0. The minimum atomic E-state index is -4.26. The molecule has 0 bridgehead atoms. The molecule has 0 aliphatic carbocycles. The van der Waals surface area contributed by atoms with Crippen molar-refractivity contribution in [3.63, 3.8) is 0 Å². The van der Waals surface area contributed by atoms with E-state index in [1.54, 1.807) is 6.07 Å². The van der Waals surface area contributed by atoms with E-state index in [-0.39, 0.29) is 17.9 Å². The first-order valence-corrected chi connectivity index (χ1v) is 8.95. The van der Waals surface area contributed by atoms with Crippen molar-refractivity contribution >= 4 is 21.4 Å². The first kappa shape index (κ1) is 18.4. The molecule has 0 aliphatic heterocycles. The lowest BCUT2D eigenvalue weighted by molar-refractivity contribution is -0.135. The van der Waals surface area contributed by atoms with E-state index < -0.39 is 22.6 Å². The number of nitrogens with one attached hydrogen (secondary N) is 2. The molecule has 0 saturated heterocycles. The van der Waals surface area contributed by atoms with Crippen LogP contribution in [0.5, 0.6) is 0 Å². The molecule has 0 fully saturated rings. The van der Waals surface area contributed by atoms with Crippen LogP contribution in [0.3, 0.4) is 0 Å². The van der Waals surface area contributed by atoms with E-state index in [4.69, 9.17) is 0 Å². The average molecular weight is 344 g/mol. The number of alkyl halides is 3. The SMILES string of the molecule is CCCNCc1cc(S(=O)(=O)NCCCC(F)(F)F)cs1. The third-order valence-corrected chi connectivity index (χ3v) is 5.12. The van der Waals surface area contributed by atoms with E-state index in [2.05, 4.69) is 10.0 Å². The van der Waals surface area contributed by atoms with Crippen LogP contribution in [0.15, 0.2) is 16.3 Å². The lowest BCUT2D eigenvalue weighted by atomic mass is 10.3. The van der Waals surface area contributed by atoms with Crippen LogP contribution < -0.4 is 10.0 Å². The van der Waals surface area contributed by atoms with Gasteiger partial charge in [-0.3, -0.25) is 0 Å². The normalized spacial score (nSPS) is 12.8. The van der Waals surface area contributed by atoms with Crippen LogP contribution in [0.4, 0.5) is 13.2 Å². The van der Waals surface area contributed by atoms with E-state index in [9.17, 15) is 21.6 Å². The van der Waals surface area contributed by atoms with Crippen molar-refractivity contribution in [2.24, 2.45) is 0 Å².